The van der Waals surface area contributed by atoms with Crippen LogP contribution in [0, 0.1) is 6.92 Å². The Labute approximate surface area is 149 Å². The maximum atomic E-state index is 12.5. The molecule has 2 aromatic rings. The SMILES string of the molecule is CCc1cnc(OC2CCN(C(=O)Cc3cccc(C)c3)CC2)nc1. The third-order valence-electron chi connectivity index (χ3n) is 4.59. The second-order valence-corrected chi connectivity index (χ2v) is 6.59. The Bertz CT molecular complexity index is 707. The van der Waals surface area contributed by atoms with Crippen molar-refractivity contribution >= 4 is 5.91 Å². The number of aromatic nitrogens is 2. The lowest BCUT2D eigenvalue weighted by atomic mass is 10.0. The maximum absolute atomic E-state index is 12.5. The molecule has 0 spiro atoms. The number of piperidine rings is 1. The summed E-state index contributed by atoms with van der Waals surface area (Å²) < 4.78 is 5.86. The molecule has 2 heterocycles. The van der Waals surface area contributed by atoms with Crippen LogP contribution in [0.25, 0.3) is 0 Å². The van der Waals surface area contributed by atoms with Gasteiger partial charge in [0, 0.05) is 38.3 Å². The zero-order valence-corrected chi connectivity index (χ0v) is 14.9. The van der Waals surface area contributed by atoms with Crippen LogP contribution in [0.1, 0.15) is 36.5 Å². The number of hydrogen-bond acceptors (Lipinski definition) is 4. The van der Waals surface area contributed by atoms with Crippen LogP contribution in [-0.4, -0.2) is 40.0 Å². The van der Waals surface area contributed by atoms with Crippen molar-refractivity contribution in [1.29, 1.82) is 0 Å². The van der Waals surface area contributed by atoms with Crippen LogP contribution < -0.4 is 4.74 Å². The highest BCUT2D eigenvalue weighted by molar-refractivity contribution is 5.78. The van der Waals surface area contributed by atoms with Crippen molar-refractivity contribution in [3.8, 4) is 6.01 Å². The van der Waals surface area contributed by atoms with Gasteiger partial charge in [-0.15, -0.1) is 0 Å². The lowest BCUT2D eigenvalue weighted by molar-refractivity contribution is -0.132. The number of carbonyl (C=O) groups is 1. The van der Waals surface area contributed by atoms with Gasteiger partial charge in [-0.3, -0.25) is 4.79 Å². The van der Waals surface area contributed by atoms with Gasteiger partial charge in [0.2, 0.25) is 5.91 Å². The summed E-state index contributed by atoms with van der Waals surface area (Å²) in [6.07, 6.45) is 6.72. The summed E-state index contributed by atoms with van der Waals surface area (Å²) in [6, 6.07) is 8.57. The van der Waals surface area contributed by atoms with Crippen molar-refractivity contribution in [3.63, 3.8) is 0 Å². The second-order valence-electron chi connectivity index (χ2n) is 6.59. The predicted octanol–water partition coefficient (Wildman–Crippen LogP) is 2.96. The molecule has 1 saturated heterocycles. The molecule has 0 unspecified atom stereocenters. The maximum Gasteiger partial charge on any atom is 0.316 e. The number of benzene rings is 1. The zero-order valence-electron chi connectivity index (χ0n) is 14.9. The molecule has 1 amide bonds. The number of aryl methyl sites for hydroxylation is 2. The molecule has 5 nitrogen and oxygen atoms in total. The normalized spacial score (nSPS) is 15.2. The van der Waals surface area contributed by atoms with E-state index >= 15 is 0 Å². The lowest BCUT2D eigenvalue weighted by Gasteiger charge is -2.31. The molecule has 0 radical (unpaired) electrons. The fourth-order valence-corrected chi connectivity index (χ4v) is 3.07. The standard InChI is InChI=1S/C20H25N3O2/c1-3-16-13-21-20(22-14-16)25-18-7-9-23(10-8-18)19(24)12-17-6-4-5-15(2)11-17/h4-6,11,13-14,18H,3,7-10,12H2,1-2H3. The van der Waals surface area contributed by atoms with Crippen molar-refractivity contribution in [2.75, 3.05) is 13.1 Å². The second kappa shape index (κ2) is 8.10. The van der Waals surface area contributed by atoms with Crippen molar-refractivity contribution < 1.29 is 9.53 Å². The summed E-state index contributed by atoms with van der Waals surface area (Å²) in [6.45, 7) is 5.57. The first-order valence-corrected chi connectivity index (χ1v) is 8.95. The lowest BCUT2D eigenvalue weighted by Crippen LogP contribution is -2.42. The highest BCUT2D eigenvalue weighted by Crippen LogP contribution is 2.17. The van der Waals surface area contributed by atoms with Crippen LogP contribution in [-0.2, 0) is 17.6 Å². The fourth-order valence-electron chi connectivity index (χ4n) is 3.07. The Morgan fingerprint density at radius 2 is 1.92 bits per heavy atom. The minimum absolute atomic E-state index is 0.0792. The minimum atomic E-state index is 0.0792. The molecule has 0 saturated carbocycles. The highest BCUT2D eigenvalue weighted by atomic mass is 16.5. The van der Waals surface area contributed by atoms with Gasteiger partial charge in [-0.05, 0) is 24.5 Å². The highest BCUT2D eigenvalue weighted by Gasteiger charge is 2.24. The van der Waals surface area contributed by atoms with Gasteiger partial charge >= 0.3 is 6.01 Å². The molecule has 1 aliphatic rings. The summed E-state index contributed by atoms with van der Waals surface area (Å²) in [5.74, 6) is 0.188. The first-order chi connectivity index (χ1) is 12.1. The molecule has 25 heavy (non-hydrogen) atoms. The first-order valence-electron chi connectivity index (χ1n) is 8.95. The zero-order chi connectivity index (χ0) is 17.6. The molecular weight excluding hydrogens is 314 g/mol. The molecule has 0 atom stereocenters. The van der Waals surface area contributed by atoms with E-state index in [0.29, 0.717) is 12.4 Å². The van der Waals surface area contributed by atoms with Gasteiger partial charge in [0.25, 0.3) is 0 Å². The van der Waals surface area contributed by atoms with E-state index in [1.807, 2.05) is 42.4 Å². The Kier molecular flexibility index (Phi) is 5.64. The Morgan fingerprint density at radius 3 is 2.56 bits per heavy atom. The van der Waals surface area contributed by atoms with Gasteiger partial charge in [0.05, 0.1) is 6.42 Å². The van der Waals surface area contributed by atoms with E-state index < -0.39 is 0 Å². The van der Waals surface area contributed by atoms with E-state index in [0.717, 1.165) is 43.5 Å². The van der Waals surface area contributed by atoms with Crippen LogP contribution in [0.4, 0.5) is 0 Å². The molecule has 0 aliphatic carbocycles. The van der Waals surface area contributed by atoms with Gasteiger partial charge in [-0.1, -0.05) is 36.8 Å². The largest absolute Gasteiger partial charge is 0.460 e. The summed E-state index contributed by atoms with van der Waals surface area (Å²) in [4.78, 5) is 22.9. The average Bonchev–Trinajstić information content (AvgIpc) is 2.63. The van der Waals surface area contributed by atoms with E-state index in [-0.39, 0.29) is 12.0 Å². The summed E-state index contributed by atoms with van der Waals surface area (Å²) >= 11 is 0. The van der Waals surface area contributed by atoms with Gasteiger partial charge < -0.3 is 9.64 Å². The van der Waals surface area contributed by atoms with E-state index in [9.17, 15) is 4.79 Å². The molecule has 1 aliphatic heterocycles. The van der Waals surface area contributed by atoms with Crippen LogP contribution in [0.5, 0.6) is 6.01 Å². The van der Waals surface area contributed by atoms with E-state index in [1.54, 1.807) is 0 Å². The van der Waals surface area contributed by atoms with Crippen LogP contribution in [0.3, 0.4) is 0 Å². The third kappa shape index (κ3) is 4.78. The molecule has 1 aromatic heterocycles. The molecule has 0 N–H and O–H groups in total. The Morgan fingerprint density at radius 1 is 1.20 bits per heavy atom. The summed E-state index contributed by atoms with van der Waals surface area (Å²) in [7, 11) is 0. The smallest absolute Gasteiger partial charge is 0.316 e. The summed E-state index contributed by atoms with van der Waals surface area (Å²) in [5, 5.41) is 0. The van der Waals surface area contributed by atoms with Gasteiger partial charge in [0.15, 0.2) is 0 Å². The number of nitrogens with zero attached hydrogens (tertiary/aromatic N) is 3. The molecule has 0 bridgehead atoms. The molecule has 1 aromatic carbocycles. The topological polar surface area (TPSA) is 55.3 Å². The van der Waals surface area contributed by atoms with Crippen molar-refractivity contribution in [1.82, 2.24) is 14.9 Å². The van der Waals surface area contributed by atoms with Crippen molar-refractivity contribution in [2.24, 2.45) is 0 Å². The number of rotatable bonds is 5. The number of amides is 1. The molecule has 5 heteroatoms. The first kappa shape index (κ1) is 17.4. The molecular formula is C20H25N3O2. The predicted molar refractivity (Wildman–Crippen MR) is 96.5 cm³/mol. The monoisotopic (exact) mass is 339 g/mol. The number of likely N-dealkylation sites (tertiary alicyclic amines) is 1. The Balaban J connectivity index is 1.48. The fraction of sp³-hybridized carbons (Fsp3) is 0.450. The quantitative estimate of drug-likeness (QED) is 0.840. The number of carbonyl (C=O) groups excluding carboxylic acids is 1. The molecule has 3 rings (SSSR count). The Hall–Kier alpha value is -2.43. The number of hydrogen-bond donors (Lipinski definition) is 0. The van der Waals surface area contributed by atoms with Crippen LogP contribution >= 0.6 is 0 Å². The van der Waals surface area contributed by atoms with Gasteiger partial charge in [-0.25, -0.2) is 9.97 Å². The van der Waals surface area contributed by atoms with Crippen LogP contribution in [0.2, 0.25) is 0 Å². The van der Waals surface area contributed by atoms with Crippen molar-refractivity contribution in [2.45, 2.75) is 45.6 Å². The molecule has 132 valence electrons. The minimum Gasteiger partial charge on any atom is -0.460 e. The van der Waals surface area contributed by atoms with E-state index in [1.165, 1.54) is 5.56 Å². The van der Waals surface area contributed by atoms with Gasteiger partial charge in [0.1, 0.15) is 6.10 Å². The van der Waals surface area contributed by atoms with E-state index in [4.69, 9.17) is 4.74 Å². The number of ether oxygens (including phenoxy) is 1. The van der Waals surface area contributed by atoms with Crippen molar-refractivity contribution in [3.05, 3.63) is 53.3 Å². The summed E-state index contributed by atoms with van der Waals surface area (Å²) in [5.41, 5.74) is 3.36. The third-order valence-corrected chi connectivity index (χ3v) is 4.59. The van der Waals surface area contributed by atoms with E-state index in [2.05, 4.69) is 23.0 Å². The van der Waals surface area contributed by atoms with Crippen LogP contribution in [0.15, 0.2) is 36.7 Å². The van der Waals surface area contributed by atoms with Gasteiger partial charge in [-0.2, -0.15) is 0 Å². The average molecular weight is 339 g/mol. The molecule has 1 fully saturated rings.